The van der Waals surface area contributed by atoms with Crippen LogP contribution in [0.15, 0.2) is 165 Å². The molecule has 3 amide bonds. The molecule has 3 aliphatic rings. The van der Waals surface area contributed by atoms with Gasteiger partial charge in [0.2, 0.25) is 17.7 Å². The molecule has 0 spiro atoms. The Morgan fingerprint density at radius 1 is 0.412 bits per heavy atom. The molecule has 0 saturated carbocycles. The van der Waals surface area contributed by atoms with E-state index >= 15 is 0 Å². The second-order valence-electron chi connectivity index (χ2n) is 22.8. The first kappa shape index (κ1) is 72.9. The number of carbonyl (C=O) groups excluding carboxylic acids is 3. The molecule has 3 aromatic heterocycles. The van der Waals surface area contributed by atoms with Crippen molar-refractivity contribution < 1.29 is 52.8 Å². The lowest BCUT2D eigenvalue weighted by Crippen LogP contribution is -2.55. The van der Waals surface area contributed by atoms with Gasteiger partial charge in [0, 0.05) is 113 Å². The van der Waals surface area contributed by atoms with E-state index < -0.39 is 102 Å². The Bertz CT molecular complexity index is 4310. The van der Waals surface area contributed by atoms with Crippen LogP contribution in [0.5, 0.6) is 0 Å². The van der Waals surface area contributed by atoms with Gasteiger partial charge >= 0.3 is 0 Å². The highest BCUT2D eigenvalue weighted by Crippen LogP contribution is 2.36. The molecule has 0 radical (unpaired) electrons. The summed E-state index contributed by atoms with van der Waals surface area (Å²) >= 11 is 17.3. The molecule has 3 fully saturated rings. The van der Waals surface area contributed by atoms with Crippen LogP contribution in [-0.4, -0.2) is 125 Å². The quantitative estimate of drug-likeness (QED) is 0.0666. The summed E-state index contributed by atoms with van der Waals surface area (Å²) in [6, 6.07) is 28.9. The summed E-state index contributed by atoms with van der Waals surface area (Å²) in [5.74, 6) is -3.43. The SMILES string of the molecule is C.CN1C(C(=O)Nc2ccc(F)c(Cl)c2)CC(c2cccc(-c3cnn(C)c3)c2)NS1(=O)=O.CN1[C@@H](C(=O)Nc2ccc(F)c(Cl)c2)C[C@@H](c2cccc(-c3cnn(C)c3)c2)NS1(=O)=O.CN1[C@H](C(=O)Nc2ccc(F)c(Cl)c2)C[C@H](c2cccc(-c3cnn(C)c3)c2)NS1(=O)=O. The van der Waals surface area contributed by atoms with Gasteiger partial charge in [-0.1, -0.05) is 96.8 Å². The lowest BCUT2D eigenvalue weighted by Gasteiger charge is -2.36. The van der Waals surface area contributed by atoms with Gasteiger partial charge in [0.1, 0.15) is 35.6 Å². The van der Waals surface area contributed by atoms with Gasteiger partial charge in [-0.2, -0.15) is 67.6 Å². The van der Waals surface area contributed by atoms with Crippen molar-refractivity contribution in [2.75, 3.05) is 37.1 Å². The Morgan fingerprint density at radius 3 is 0.897 bits per heavy atom. The number of aryl methyl sites for hydroxylation is 3. The maximum atomic E-state index is 13.4. The van der Waals surface area contributed by atoms with Gasteiger partial charge in [0.25, 0.3) is 30.6 Å². The van der Waals surface area contributed by atoms with Crippen LogP contribution < -0.4 is 30.1 Å². The summed E-state index contributed by atoms with van der Waals surface area (Å²) in [5, 5.41) is 20.0. The van der Waals surface area contributed by atoms with Gasteiger partial charge in [-0.3, -0.25) is 28.4 Å². The number of benzene rings is 6. The fourth-order valence-electron chi connectivity index (χ4n) is 10.9. The molecule has 33 heteroatoms. The lowest BCUT2D eigenvalue weighted by molar-refractivity contribution is -0.120. The van der Waals surface area contributed by atoms with Crippen molar-refractivity contribution >= 4 is 100 Å². The molecule has 97 heavy (non-hydrogen) atoms. The summed E-state index contributed by atoms with van der Waals surface area (Å²) in [6.07, 6.45) is 11.4. The van der Waals surface area contributed by atoms with Crippen LogP contribution in [0, 0.1) is 17.5 Å². The predicted octanol–water partition coefficient (Wildman–Crippen LogP) is 9.93. The van der Waals surface area contributed by atoms with E-state index in [1.165, 1.54) is 57.5 Å². The molecule has 6 atom stereocenters. The number of likely N-dealkylation sites (N-methyl/N-ethyl adjacent to an activating group) is 3. The average molecular weight is 1450 g/mol. The van der Waals surface area contributed by atoms with Crippen LogP contribution in [0.25, 0.3) is 33.4 Å². The molecule has 9 aromatic rings. The molecule has 3 aliphatic heterocycles. The third-order valence-electron chi connectivity index (χ3n) is 16.2. The molecular formula is C64H67Cl3F3N15O9S3. The molecular weight excluding hydrogens is 1380 g/mol. The zero-order valence-electron chi connectivity index (χ0n) is 51.9. The zero-order chi connectivity index (χ0) is 69.1. The van der Waals surface area contributed by atoms with Crippen molar-refractivity contribution in [3.63, 3.8) is 0 Å². The maximum Gasteiger partial charge on any atom is 0.280 e. The number of amides is 3. The van der Waals surface area contributed by atoms with Gasteiger partial charge in [-0.15, -0.1) is 0 Å². The van der Waals surface area contributed by atoms with E-state index in [2.05, 4.69) is 45.4 Å². The van der Waals surface area contributed by atoms with Gasteiger partial charge in [0.15, 0.2) is 0 Å². The van der Waals surface area contributed by atoms with Crippen LogP contribution in [0.4, 0.5) is 30.2 Å². The van der Waals surface area contributed by atoms with Crippen molar-refractivity contribution in [1.29, 1.82) is 0 Å². The smallest absolute Gasteiger partial charge is 0.280 e. The highest BCUT2D eigenvalue weighted by atomic mass is 35.5. The van der Waals surface area contributed by atoms with Crippen molar-refractivity contribution in [2.24, 2.45) is 21.1 Å². The van der Waals surface area contributed by atoms with Gasteiger partial charge in [0.05, 0.1) is 33.7 Å². The number of hydrogen-bond acceptors (Lipinski definition) is 12. The molecule has 512 valence electrons. The Kier molecular flexibility index (Phi) is 22.7. The number of carbonyl (C=O) groups is 3. The molecule has 0 aliphatic carbocycles. The minimum absolute atomic E-state index is 0. The number of rotatable bonds is 12. The standard InChI is InChI=1S/3C21H21ClFN5O3S.CH4/c3*1-27-12-15(11-24-27)13-4-3-5-14(8-13)19-10-20(28(2)32(30,31)26-19)21(29)25-16-6-7-18(23)17(22)9-16;/h3*3-9,11-12,19-20,26H,10H2,1-2H3,(H,25,29);1H4/t2*19-,20+;;/m10../s1. The highest BCUT2D eigenvalue weighted by molar-refractivity contribution is 7.87. The first-order chi connectivity index (χ1) is 45.4. The van der Waals surface area contributed by atoms with Gasteiger partial charge in [-0.25, -0.2) is 13.2 Å². The monoisotopic (exact) mass is 1450 g/mol. The third kappa shape index (κ3) is 17.3. The number of hydrogen-bond donors (Lipinski definition) is 6. The Morgan fingerprint density at radius 2 is 0.670 bits per heavy atom. The van der Waals surface area contributed by atoms with Crippen LogP contribution in [0.3, 0.4) is 0 Å². The minimum Gasteiger partial charge on any atom is -0.325 e. The Hall–Kier alpha value is -8.37. The van der Waals surface area contributed by atoms with E-state index in [1.807, 2.05) is 113 Å². The average Bonchev–Trinajstić information content (AvgIpc) is 1.33. The molecule has 6 N–H and O–H groups in total. The number of aromatic nitrogens is 6. The zero-order valence-corrected chi connectivity index (χ0v) is 56.6. The number of halogens is 6. The van der Waals surface area contributed by atoms with Gasteiger partial charge in [-0.05, 0) is 125 Å². The number of anilines is 3. The van der Waals surface area contributed by atoms with Crippen molar-refractivity contribution in [3.05, 3.63) is 214 Å². The van der Waals surface area contributed by atoms with E-state index in [-0.39, 0.29) is 58.8 Å². The summed E-state index contributed by atoms with van der Waals surface area (Å²) in [4.78, 5) is 38.8. The molecule has 6 aromatic carbocycles. The summed E-state index contributed by atoms with van der Waals surface area (Å²) in [7, 11) is -2.27. The first-order valence-electron chi connectivity index (χ1n) is 29.2. The van der Waals surface area contributed by atoms with E-state index in [0.29, 0.717) is 0 Å². The van der Waals surface area contributed by atoms with E-state index in [1.54, 1.807) is 32.6 Å². The van der Waals surface area contributed by atoms with Crippen LogP contribution in [0.2, 0.25) is 15.1 Å². The molecule has 0 bridgehead atoms. The second kappa shape index (κ2) is 30.2. The predicted molar refractivity (Wildman–Crippen MR) is 366 cm³/mol. The summed E-state index contributed by atoms with van der Waals surface area (Å²) < 4.78 is 133. The van der Waals surface area contributed by atoms with Crippen molar-refractivity contribution in [2.45, 2.75) is 62.9 Å². The fraction of sp³-hybridized carbons (Fsp3) is 0.250. The normalized spacial score (nSPS) is 20.5. The van der Waals surface area contributed by atoms with Crippen LogP contribution >= 0.6 is 34.8 Å². The minimum atomic E-state index is -3.91. The summed E-state index contributed by atoms with van der Waals surface area (Å²) in [5.41, 5.74) is 8.36. The fourth-order valence-corrected chi connectivity index (χ4v) is 15.3. The van der Waals surface area contributed by atoms with Gasteiger partial charge < -0.3 is 16.0 Å². The summed E-state index contributed by atoms with van der Waals surface area (Å²) in [6.45, 7) is 0. The molecule has 6 heterocycles. The van der Waals surface area contributed by atoms with E-state index in [0.717, 1.165) is 81.2 Å². The molecule has 2 unspecified atom stereocenters. The number of nitrogens with zero attached hydrogens (tertiary/aromatic N) is 9. The maximum absolute atomic E-state index is 13.4. The lowest BCUT2D eigenvalue weighted by atomic mass is 9.96. The molecule has 24 nitrogen and oxygen atoms in total. The van der Waals surface area contributed by atoms with E-state index in [9.17, 15) is 52.8 Å². The first-order valence-corrected chi connectivity index (χ1v) is 34.7. The molecule has 12 rings (SSSR count). The Labute approximate surface area is 574 Å². The van der Waals surface area contributed by atoms with Crippen molar-refractivity contribution in [1.82, 2.24) is 56.4 Å². The van der Waals surface area contributed by atoms with Crippen LogP contribution in [-0.2, 0) is 66.2 Å². The second-order valence-corrected chi connectivity index (χ2v) is 29.3. The topological polar surface area (TPSA) is 289 Å². The largest absolute Gasteiger partial charge is 0.325 e. The van der Waals surface area contributed by atoms with E-state index in [4.69, 9.17) is 34.8 Å². The third-order valence-corrected chi connectivity index (χ3v) is 21.8. The van der Waals surface area contributed by atoms with Crippen LogP contribution in [0.1, 0.15) is 61.5 Å². The molecule has 3 saturated heterocycles. The Balaban J connectivity index is 0.000000170. The highest BCUT2D eigenvalue weighted by Gasteiger charge is 2.44. The van der Waals surface area contributed by atoms with Crippen molar-refractivity contribution in [3.8, 4) is 33.4 Å². The number of nitrogens with one attached hydrogen (secondary N) is 6.